The maximum Gasteiger partial charge on any atom is 0.229 e. The van der Waals surface area contributed by atoms with Gasteiger partial charge in [0.2, 0.25) is 21.4 Å². The number of aryl methyl sites for hydroxylation is 1. The standard InChI is InChI=1S/C23H25N5O4S/c1-6-28-18-12-14(27(3)4)10-11-16(18)25-20-19-15(8-7-9-17(19)26-33(5,31)32)23(30)21(22(20)28)24-13(2)29/h7-12,26H,6H2,1-5H3,(H,24,29). The van der Waals surface area contributed by atoms with Crippen LogP contribution >= 0.6 is 0 Å². The summed E-state index contributed by atoms with van der Waals surface area (Å²) in [5, 5.41) is 3.34. The molecule has 0 fully saturated rings. The van der Waals surface area contributed by atoms with E-state index in [2.05, 4.69) is 10.0 Å². The van der Waals surface area contributed by atoms with Crippen LogP contribution in [0.4, 0.5) is 17.1 Å². The molecule has 1 heterocycles. The van der Waals surface area contributed by atoms with Crippen molar-refractivity contribution in [2.45, 2.75) is 20.4 Å². The third-order valence-electron chi connectivity index (χ3n) is 5.42. The predicted molar refractivity (Wildman–Crippen MR) is 133 cm³/mol. The van der Waals surface area contributed by atoms with Gasteiger partial charge in [-0.3, -0.25) is 14.3 Å². The summed E-state index contributed by atoms with van der Waals surface area (Å²) in [7, 11) is 0.249. The normalized spacial score (nSPS) is 11.8. The highest BCUT2D eigenvalue weighted by atomic mass is 32.2. The minimum absolute atomic E-state index is 0.119. The van der Waals surface area contributed by atoms with Gasteiger partial charge in [-0.05, 0) is 31.2 Å². The number of sulfonamides is 1. The molecule has 0 atom stereocenters. The fourth-order valence-electron chi connectivity index (χ4n) is 4.09. The van der Waals surface area contributed by atoms with Gasteiger partial charge >= 0.3 is 0 Å². The van der Waals surface area contributed by atoms with Crippen LogP contribution < -0.4 is 20.4 Å². The van der Waals surface area contributed by atoms with Crippen LogP contribution in [-0.2, 0) is 21.4 Å². The van der Waals surface area contributed by atoms with E-state index < -0.39 is 15.5 Å². The maximum absolute atomic E-state index is 13.5. The average molecular weight is 468 g/mol. The molecule has 10 heteroatoms. The first-order valence-electron chi connectivity index (χ1n) is 10.4. The summed E-state index contributed by atoms with van der Waals surface area (Å²) < 4.78 is 28.5. The number of amides is 1. The van der Waals surface area contributed by atoms with E-state index in [0.29, 0.717) is 28.8 Å². The van der Waals surface area contributed by atoms with Crippen molar-refractivity contribution >= 4 is 54.8 Å². The summed E-state index contributed by atoms with van der Waals surface area (Å²) in [6, 6.07) is 10.6. The molecule has 9 nitrogen and oxygen atoms in total. The van der Waals surface area contributed by atoms with E-state index in [1.54, 1.807) is 18.2 Å². The molecular weight excluding hydrogens is 442 g/mol. The van der Waals surface area contributed by atoms with Gasteiger partial charge in [0.1, 0.15) is 5.69 Å². The quantitative estimate of drug-likeness (QED) is 0.345. The molecule has 0 saturated carbocycles. The van der Waals surface area contributed by atoms with Gasteiger partial charge in [-0.25, -0.2) is 13.4 Å². The lowest BCUT2D eigenvalue weighted by atomic mass is 9.99. The van der Waals surface area contributed by atoms with Gasteiger partial charge in [-0.1, -0.05) is 12.1 Å². The summed E-state index contributed by atoms with van der Waals surface area (Å²) in [5.41, 5.74) is 3.25. The van der Waals surface area contributed by atoms with Crippen LogP contribution in [0.25, 0.3) is 33.2 Å². The largest absolute Gasteiger partial charge is 0.378 e. The molecule has 0 aromatic heterocycles. The Kier molecular flexibility index (Phi) is 5.49. The van der Waals surface area contributed by atoms with Crippen molar-refractivity contribution < 1.29 is 13.2 Å². The first-order chi connectivity index (χ1) is 15.5. The molecule has 4 rings (SSSR count). The lowest BCUT2D eigenvalue weighted by Gasteiger charge is -2.24. The summed E-state index contributed by atoms with van der Waals surface area (Å²) in [4.78, 5) is 32.4. The van der Waals surface area contributed by atoms with Crippen molar-refractivity contribution in [3.63, 3.8) is 0 Å². The van der Waals surface area contributed by atoms with Crippen LogP contribution in [0.15, 0.2) is 41.2 Å². The molecule has 0 bridgehead atoms. The van der Waals surface area contributed by atoms with Gasteiger partial charge in [0.25, 0.3) is 0 Å². The summed E-state index contributed by atoms with van der Waals surface area (Å²) >= 11 is 0. The Labute approximate surface area is 191 Å². The van der Waals surface area contributed by atoms with Crippen molar-refractivity contribution in [3.8, 4) is 11.4 Å². The molecule has 2 N–H and O–H groups in total. The van der Waals surface area contributed by atoms with E-state index in [9.17, 15) is 18.0 Å². The van der Waals surface area contributed by atoms with Crippen LogP contribution in [0.1, 0.15) is 13.8 Å². The van der Waals surface area contributed by atoms with Gasteiger partial charge in [0.15, 0.2) is 0 Å². The molecule has 0 radical (unpaired) electrons. The molecule has 0 saturated heterocycles. The number of carbonyl (C=O) groups excluding carboxylic acids is 1. The number of rotatable bonds is 5. The predicted octanol–water partition coefficient (Wildman–Crippen LogP) is 3.07. The minimum atomic E-state index is -3.61. The summed E-state index contributed by atoms with van der Waals surface area (Å²) in [6.07, 6.45) is 1.05. The summed E-state index contributed by atoms with van der Waals surface area (Å²) in [5.74, 6) is -0.386. The Morgan fingerprint density at radius 1 is 1.18 bits per heavy atom. The second-order valence-electron chi connectivity index (χ2n) is 8.11. The van der Waals surface area contributed by atoms with Crippen LogP contribution in [0.5, 0.6) is 0 Å². The molecule has 1 aliphatic heterocycles. The molecule has 0 spiro atoms. The Morgan fingerprint density at radius 3 is 2.52 bits per heavy atom. The van der Waals surface area contributed by atoms with Crippen molar-refractivity contribution in [1.82, 2.24) is 9.55 Å². The molecule has 2 aromatic carbocycles. The third-order valence-corrected chi connectivity index (χ3v) is 6.01. The van der Waals surface area contributed by atoms with E-state index in [-0.39, 0.29) is 22.7 Å². The first-order valence-corrected chi connectivity index (χ1v) is 12.3. The van der Waals surface area contributed by atoms with Crippen molar-refractivity contribution in [2.75, 3.05) is 35.3 Å². The zero-order valence-corrected chi connectivity index (χ0v) is 19.9. The molecule has 172 valence electrons. The van der Waals surface area contributed by atoms with E-state index in [4.69, 9.17) is 4.98 Å². The second-order valence-corrected chi connectivity index (χ2v) is 9.86. The molecule has 2 aromatic rings. The van der Waals surface area contributed by atoms with Crippen LogP contribution in [-0.4, -0.2) is 44.2 Å². The Hall–Kier alpha value is -3.66. The zero-order valence-electron chi connectivity index (χ0n) is 19.1. The number of fused-ring (bicyclic) bond motifs is 4. The number of hydrogen-bond acceptors (Lipinski definition) is 6. The monoisotopic (exact) mass is 467 g/mol. The van der Waals surface area contributed by atoms with Crippen LogP contribution in [0.2, 0.25) is 0 Å². The van der Waals surface area contributed by atoms with Crippen molar-refractivity contribution in [1.29, 1.82) is 0 Å². The third kappa shape index (κ3) is 3.97. The minimum Gasteiger partial charge on any atom is -0.378 e. The highest BCUT2D eigenvalue weighted by molar-refractivity contribution is 7.92. The Morgan fingerprint density at radius 2 is 1.91 bits per heavy atom. The number of anilines is 3. The highest BCUT2D eigenvalue weighted by Gasteiger charge is 2.26. The number of aromatic nitrogens is 2. The highest BCUT2D eigenvalue weighted by Crippen LogP contribution is 2.39. The van der Waals surface area contributed by atoms with E-state index in [1.165, 1.54) is 6.92 Å². The Balaban J connectivity index is 2.28. The van der Waals surface area contributed by atoms with E-state index in [1.807, 2.05) is 48.7 Å². The first kappa shape index (κ1) is 22.5. The number of nitrogens with zero attached hydrogens (tertiary/aromatic N) is 3. The average Bonchev–Trinajstić information content (AvgIpc) is 2.73. The maximum atomic E-state index is 13.5. The number of hydrogen-bond donors (Lipinski definition) is 2. The smallest absolute Gasteiger partial charge is 0.229 e. The molecular formula is C23H25N5O4S. The van der Waals surface area contributed by atoms with E-state index >= 15 is 0 Å². The molecule has 2 aliphatic rings. The van der Waals surface area contributed by atoms with Gasteiger partial charge in [0.05, 0.1) is 34.4 Å². The number of nitrogens with one attached hydrogen (secondary N) is 2. The van der Waals surface area contributed by atoms with Gasteiger partial charge in [-0.2, -0.15) is 0 Å². The van der Waals surface area contributed by atoms with Crippen molar-refractivity contribution in [3.05, 3.63) is 46.6 Å². The fraction of sp³-hybridized carbons (Fsp3) is 0.261. The van der Waals surface area contributed by atoms with Gasteiger partial charge in [-0.15, -0.1) is 0 Å². The molecule has 1 aliphatic carbocycles. The zero-order chi connectivity index (χ0) is 24.1. The van der Waals surface area contributed by atoms with E-state index in [0.717, 1.165) is 17.5 Å². The lowest BCUT2D eigenvalue weighted by molar-refractivity contribution is -0.114. The van der Waals surface area contributed by atoms with Gasteiger partial charge < -0.3 is 14.8 Å². The summed E-state index contributed by atoms with van der Waals surface area (Å²) in [6.45, 7) is 3.77. The topological polar surface area (TPSA) is 113 Å². The van der Waals surface area contributed by atoms with Crippen LogP contribution in [0, 0.1) is 0 Å². The molecule has 0 unspecified atom stereocenters. The molecule has 33 heavy (non-hydrogen) atoms. The number of carbonyl (C=O) groups is 1. The fourth-order valence-corrected chi connectivity index (χ4v) is 4.66. The second kappa shape index (κ2) is 8.04. The Bertz CT molecular complexity index is 1560. The lowest BCUT2D eigenvalue weighted by Crippen LogP contribution is -2.22. The van der Waals surface area contributed by atoms with Crippen LogP contribution in [0.3, 0.4) is 0 Å². The SMILES string of the molecule is CCn1c2c(NC(C)=O)c(=O)c3cccc(NS(C)(=O)=O)c3c-2nc2ccc(N(C)C)cc21. The molecule has 1 amide bonds. The number of benzene rings is 3. The van der Waals surface area contributed by atoms with Crippen molar-refractivity contribution in [2.24, 2.45) is 0 Å². The van der Waals surface area contributed by atoms with Gasteiger partial charge in [0, 0.05) is 44.0 Å².